The predicted octanol–water partition coefficient (Wildman–Crippen LogP) is 4.37. The maximum absolute atomic E-state index is 12.9. The number of aromatic nitrogens is 1. The number of hydrogen-bond donors (Lipinski definition) is 0. The van der Waals surface area contributed by atoms with Crippen LogP contribution in [0.3, 0.4) is 0 Å². The molecular weight excluding hydrogens is 452 g/mol. The molecule has 0 spiro atoms. The van der Waals surface area contributed by atoms with Crippen molar-refractivity contribution in [2.75, 3.05) is 14.2 Å². The largest absolute Gasteiger partial charge is 0.493 e. The molecule has 3 rings (SSSR count). The number of nitrogens with zero attached hydrogens (tertiary/aromatic N) is 2. The summed E-state index contributed by atoms with van der Waals surface area (Å²) in [7, 11) is -0.145. The van der Waals surface area contributed by atoms with Crippen molar-refractivity contribution in [3.05, 3.63) is 52.6 Å². The highest BCUT2D eigenvalue weighted by Crippen LogP contribution is 2.41. The van der Waals surface area contributed by atoms with Crippen LogP contribution in [0.5, 0.6) is 11.5 Å². The van der Waals surface area contributed by atoms with Crippen LogP contribution >= 0.6 is 26.7 Å². The molecule has 0 unspecified atom stereocenters. The Labute approximate surface area is 168 Å². The predicted molar refractivity (Wildman–Crippen MR) is 107 cm³/mol. The Balaban J connectivity index is 2.20. The number of rotatable bonds is 5. The molecule has 0 radical (unpaired) electrons. The summed E-state index contributed by atoms with van der Waals surface area (Å²) in [5.41, 5.74) is 0.667. The fourth-order valence-electron chi connectivity index (χ4n) is 2.42. The number of fused-ring (bicyclic) bond motifs is 1. The highest BCUT2D eigenvalue weighted by molar-refractivity contribution is 9.10. The number of halogens is 1. The molecular formula is C18H13BrN2O4S2. The van der Waals surface area contributed by atoms with Gasteiger partial charge in [0.25, 0.3) is 0 Å². The van der Waals surface area contributed by atoms with Crippen LogP contribution in [0.15, 0.2) is 56.9 Å². The van der Waals surface area contributed by atoms with Gasteiger partial charge in [0, 0.05) is 32.9 Å². The zero-order valence-electron chi connectivity index (χ0n) is 14.3. The van der Waals surface area contributed by atoms with Crippen molar-refractivity contribution in [3.63, 3.8) is 0 Å². The minimum absolute atomic E-state index is 0.144. The molecule has 2 aromatic carbocycles. The van der Waals surface area contributed by atoms with Gasteiger partial charge in [0.1, 0.15) is 6.07 Å². The van der Waals surface area contributed by atoms with E-state index in [9.17, 15) is 13.7 Å². The molecule has 27 heavy (non-hydrogen) atoms. The summed E-state index contributed by atoms with van der Waals surface area (Å²) in [6.07, 6.45) is 1.35. The van der Waals surface area contributed by atoms with E-state index in [4.69, 9.17) is 9.47 Å². The van der Waals surface area contributed by atoms with Gasteiger partial charge in [-0.1, -0.05) is 15.9 Å². The van der Waals surface area contributed by atoms with E-state index in [2.05, 4.69) is 20.9 Å². The zero-order chi connectivity index (χ0) is 19.6. The highest BCUT2D eigenvalue weighted by atomic mass is 79.9. The first-order valence-corrected chi connectivity index (χ1v) is 11.2. The third-order valence-corrected chi connectivity index (χ3v) is 7.68. The van der Waals surface area contributed by atoms with Crippen molar-refractivity contribution in [1.82, 2.24) is 4.98 Å². The monoisotopic (exact) mass is 464 g/mol. The van der Waals surface area contributed by atoms with Crippen LogP contribution in [0.2, 0.25) is 0 Å². The first-order chi connectivity index (χ1) is 12.9. The zero-order valence-corrected chi connectivity index (χ0v) is 17.5. The topological polar surface area (TPSA) is 89.3 Å². The Morgan fingerprint density at radius 3 is 2.33 bits per heavy atom. The summed E-state index contributed by atoms with van der Waals surface area (Å²) in [5.74, 6) is 0.888. The van der Waals surface area contributed by atoms with Crippen LogP contribution in [0.1, 0.15) is 5.56 Å². The fraction of sp³-hybridized carbons (Fsp3) is 0.111. The van der Waals surface area contributed by atoms with E-state index in [1.54, 1.807) is 24.3 Å². The summed E-state index contributed by atoms with van der Waals surface area (Å²) >= 11 is 3.29. The number of benzene rings is 2. The van der Waals surface area contributed by atoms with Gasteiger partial charge in [-0.3, -0.25) is 4.98 Å². The Bertz CT molecular complexity index is 1160. The van der Waals surface area contributed by atoms with Crippen molar-refractivity contribution in [1.29, 1.82) is 5.26 Å². The Hall–Kier alpha value is -2.28. The van der Waals surface area contributed by atoms with Crippen molar-refractivity contribution in [2.45, 2.75) is 9.79 Å². The van der Waals surface area contributed by atoms with E-state index < -0.39 is 8.87 Å². The van der Waals surface area contributed by atoms with Gasteiger partial charge in [0.2, 0.25) is 8.87 Å². The molecule has 0 aliphatic rings. The van der Waals surface area contributed by atoms with Crippen molar-refractivity contribution in [3.8, 4) is 17.6 Å². The Morgan fingerprint density at radius 1 is 1.11 bits per heavy atom. The smallest absolute Gasteiger partial charge is 0.234 e. The molecule has 0 saturated heterocycles. The molecule has 138 valence electrons. The van der Waals surface area contributed by atoms with Gasteiger partial charge in [0.15, 0.2) is 11.5 Å². The summed E-state index contributed by atoms with van der Waals surface area (Å²) in [5, 5.41) is 9.95. The Morgan fingerprint density at radius 2 is 1.74 bits per heavy atom. The molecule has 6 nitrogen and oxygen atoms in total. The van der Waals surface area contributed by atoms with E-state index in [1.807, 2.05) is 6.07 Å². The molecule has 0 bridgehead atoms. The lowest BCUT2D eigenvalue weighted by atomic mass is 10.1. The van der Waals surface area contributed by atoms with E-state index >= 15 is 0 Å². The van der Waals surface area contributed by atoms with Gasteiger partial charge in [-0.15, -0.1) is 0 Å². The van der Waals surface area contributed by atoms with Crippen LogP contribution in [-0.2, 0) is 8.87 Å². The van der Waals surface area contributed by atoms with Crippen molar-refractivity contribution >= 4 is 46.5 Å². The lowest BCUT2D eigenvalue weighted by Gasteiger charge is -2.12. The minimum atomic E-state index is -3.74. The second-order valence-corrected chi connectivity index (χ2v) is 10.0. The molecule has 0 atom stereocenters. The van der Waals surface area contributed by atoms with E-state index in [0.717, 1.165) is 4.47 Å². The third kappa shape index (κ3) is 3.88. The van der Waals surface area contributed by atoms with Gasteiger partial charge in [-0.05, 0) is 30.3 Å². The van der Waals surface area contributed by atoms with Crippen LogP contribution in [0, 0.1) is 11.3 Å². The lowest BCUT2D eigenvalue weighted by Crippen LogP contribution is -1.98. The SMILES string of the molecule is COc1cc2ncc(C#N)c(SS(=O)(=O)c3ccc(Br)cc3)c2cc1OC. The van der Waals surface area contributed by atoms with Crippen LogP contribution < -0.4 is 9.47 Å². The van der Waals surface area contributed by atoms with Gasteiger partial charge in [0.05, 0.1) is 35.1 Å². The molecule has 1 aromatic heterocycles. The lowest BCUT2D eigenvalue weighted by molar-refractivity contribution is 0.355. The number of ether oxygens (including phenoxy) is 2. The quantitative estimate of drug-likeness (QED) is 0.517. The van der Waals surface area contributed by atoms with Crippen molar-refractivity contribution < 1.29 is 17.9 Å². The number of pyridine rings is 1. The summed E-state index contributed by atoms with van der Waals surface area (Å²) in [4.78, 5) is 4.68. The standard InChI is InChI=1S/C18H13BrN2O4S2/c1-24-16-7-14-15(8-17(16)25-2)21-10-11(9-20)18(14)26-27(22,23)13-5-3-12(19)4-6-13/h3-8,10H,1-2H3. The maximum Gasteiger partial charge on any atom is 0.234 e. The first-order valence-electron chi connectivity index (χ1n) is 7.54. The Kier molecular flexibility index (Phi) is 5.60. The van der Waals surface area contributed by atoms with Gasteiger partial charge in [-0.2, -0.15) is 5.26 Å². The number of nitriles is 1. The first kappa shape index (κ1) is 19.5. The van der Waals surface area contributed by atoms with E-state index in [1.165, 1.54) is 32.5 Å². The maximum atomic E-state index is 12.9. The molecule has 3 aromatic rings. The molecule has 0 aliphatic carbocycles. The number of methoxy groups -OCH3 is 2. The molecule has 0 aliphatic heterocycles. The molecule has 0 N–H and O–H groups in total. The average Bonchev–Trinajstić information content (AvgIpc) is 2.67. The second kappa shape index (κ2) is 7.76. The van der Waals surface area contributed by atoms with Crippen LogP contribution in [0.25, 0.3) is 10.9 Å². The molecule has 9 heteroatoms. The second-order valence-electron chi connectivity index (χ2n) is 5.33. The molecule has 1 heterocycles. The van der Waals surface area contributed by atoms with Crippen molar-refractivity contribution in [2.24, 2.45) is 0 Å². The summed E-state index contributed by atoms with van der Waals surface area (Å²) in [6.45, 7) is 0. The molecule has 0 fully saturated rings. The molecule has 0 saturated carbocycles. The summed E-state index contributed by atoms with van der Waals surface area (Å²) < 4.78 is 37.1. The van der Waals surface area contributed by atoms with Gasteiger partial charge in [-0.25, -0.2) is 8.42 Å². The fourth-order valence-corrected chi connectivity index (χ4v) is 5.73. The normalized spacial score (nSPS) is 11.2. The molecule has 0 amide bonds. The number of hydrogen-bond acceptors (Lipinski definition) is 7. The van der Waals surface area contributed by atoms with Gasteiger partial charge >= 0.3 is 0 Å². The van der Waals surface area contributed by atoms with Crippen LogP contribution in [0.4, 0.5) is 0 Å². The average molecular weight is 465 g/mol. The van der Waals surface area contributed by atoms with Crippen LogP contribution in [-0.4, -0.2) is 27.6 Å². The third-order valence-electron chi connectivity index (χ3n) is 3.74. The summed E-state index contributed by atoms with van der Waals surface area (Å²) in [6, 6.07) is 11.6. The van der Waals surface area contributed by atoms with E-state index in [0.29, 0.717) is 38.1 Å². The van der Waals surface area contributed by atoms with E-state index in [-0.39, 0.29) is 10.5 Å². The minimum Gasteiger partial charge on any atom is -0.493 e. The highest BCUT2D eigenvalue weighted by Gasteiger charge is 2.22. The van der Waals surface area contributed by atoms with Gasteiger partial charge < -0.3 is 9.47 Å².